The highest BCUT2D eigenvalue weighted by Crippen LogP contribution is 2.31. The summed E-state index contributed by atoms with van der Waals surface area (Å²) in [5.41, 5.74) is -0.00483. The van der Waals surface area contributed by atoms with Gasteiger partial charge in [0.25, 0.3) is 0 Å². The van der Waals surface area contributed by atoms with Gasteiger partial charge in [-0.1, -0.05) is 17.7 Å². The Morgan fingerprint density at radius 2 is 1.89 bits per heavy atom. The number of nitrogens with zero attached hydrogens (tertiary/aromatic N) is 4. The average Bonchev–Trinajstić information content (AvgIpc) is 3.12. The summed E-state index contributed by atoms with van der Waals surface area (Å²) in [7, 11) is 0. The summed E-state index contributed by atoms with van der Waals surface area (Å²) in [6.07, 6.45) is 0.119. The molecule has 0 saturated carbocycles. The van der Waals surface area contributed by atoms with E-state index in [4.69, 9.17) is 11.6 Å². The number of hydrogen-bond acceptors (Lipinski definition) is 5. The first-order valence-electron chi connectivity index (χ1n) is 7.68. The molecular weight excluding hydrogens is 381 g/mol. The second-order valence-electron chi connectivity index (χ2n) is 5.52. The van der Waals surface area contributed by atoms with Crippen LogP contribution < -0.4 is 5.32 Å². The van der Waals surface area contributed by atoms with Crippen molar-refractivity contribution in [3.05, 3.63) is 59.6 Å². The van der Waals surface area contributed by atoms with E-state index in [9.17, 15) is 13.2 Å². The fourth-order valence-corrected chi connectivity index (χ4v) is 2.64. The van der Waals surface area contributed by atoms with Crippen LogP contribution in [0.4, 0.5) is 24.7 Å². The second-order valence-corrected chi connectivity index (χ2v) is 5.93. The lowest BCUT2D eigenvalue weighted by Crippen LogP contribution is -2.09. The first kappa shape index (κ1) is 17.2. The molecule has 0 aliphatic rings. The zero-order valence-electron chi connectivity index (χ0n) is 13.4. The van der Waals surface area contributed by atoms with Crippen molar-refractivity contribution in [2.24, 2.45) is 0 Å². The van der Waals surface area contributed by atoms with Gasteiger partial charge in [0.15, 0.2) is 5.82 Å². The highest BCUT2D eigenvalue weighted by molar-refractivity contribution is 6.33. The number of rotatable bonds is 3. The molecule has 0 aromatic carbocycles. The summed E-state index contributed by atoms with van der Waals surface area (Å²) >= 11 is 6.11. The van der Waals surface area contributed by atoms with Gasteiger partial charge in [0.2, 0.25) is 0 Å². The molecule has 0 bridgehead atoms. The molecule has 0 saturated heterocycles. The van der Waals surface area contributed by atoms with E-state index >= 15 is 0 Å². The SMILES string of the molecule is FC(F)(F)c1cccc(-c2nc(Nc3ccncc3Cl)c3cc[nH]c3n2)n1. The lowest BCUT2D eigenvalue weighted by atomic mass is 10.2. The summed E-state index contributed by atoms with van der Waals surface area (Å²) in [5, 5.41) is 4.09. The number of aromatic amines is 1. The number of anilines is 2. The van der Waals surface area contributed by atoms with E-state index in [1.807, 2.05) is 0 Å². The lowest BCUT2D eigenvalue weighted by molar-refractivity contribution is -0.141. The molecule has 136 valence electrons. The van der Waals surface area contributed by atoms with Crippen LogP contribution in [0.2, 0.25) is 5.02 Å². The predicted molar refractivity (Wildman–Crippen MR) is 94.7 cm³/mol. The molecule has 0 aliphatic heterocycles. The highest BCUT2D eigenvalue weighted by atomic mass is 35.5. The van der Waals surface area contributed by atoms with Crippen LogP contribution in [-0.2, 0) is 6.18 Å². The van der Waals surface area contributed by atoms with E-state index in [2.05, 4.69) is 30.2 Å². The van der Waals surface area contributed by atoms with Crippen molar-refractivity contribution in [2.45, 2.75) is 6.18 Å². The fourth-order valence-electron chi connectivity index (χ4n) is 2.47. The summed E-state index contributed by atoms with van der Waals surface area (Å²) in [4.78, 5) is 19.1. The van der Waals surface area contributed by atoms with Crippen LogP contribution in [0.1, 0.15) is 5.69 Å². The molecule has 0 fully saturated rings. The first-order valence-corrected chi connectivity index (χ1v) is 8.06. The van der Waals surface area contributed by atoms with Gasteiger partial charge >= 0.3 is 6.18 Å². The van der Waals surface area contributed by atoms with Gasteiger partial charge < -0.3 is 10.3 Å². The topological polar surface area (TPSA) is 79.4 Å². The zero-order valence-corrected chi connectivity index (χ0v) is 14.2. The second kappa shape index (κ2) is 6.51. The number of H-pyrrole nitrogens is 1. The van der Waals surface area contributed by atoms with Crippen molar-refractivity contribution in [2.75, 3.05) is 5.32 Å². The molecule has 0 amide bonds. The molecule has 0 unspecified atom stereocenters. The van der Waals surface area contributed by atoms with E-state index in [1.165, 1.54) is 18.3 Å². The minimum absolute atomic E-state index is 0.00482. The smallest absolute Gasteiger partial charge is 0.346 e. The van der Waals surface area contributed by atoms with Gasteiger partial charge in [-0.15, -0.1) is 0 Å². The molecule has 27 heavy (non-hydrogen) atoms. The molecular formula is C17H10ClF3N6. The maximum atomic E-state index is 13.0. The average molecular weight is 391 g/mol. The molecule has 4 aromatic rings. The van der Waals surface area contributed by atoms with Crippen LogP contribution in [0, 0.1) is 0 Å². The van der Waals surface area contributed by atoms with Gasteiger partial charge in [-0.2, -0.15) is 13.2 Å². The molecule has 4 aromatic heterocycles. The zero-order chi connectivity index (χ0) is 19.0. The Labute approximate surface area is 155 Å². The number of nitrogens with one attached hydrogen (secondary N) is 2. The van der Waals surface area contributed by atoms with Crippen molar-refractivity contribution in [3.63, 3.8) is 0 Å². The largest absolute Gasteiger partial charge is 0.433 e. The number of alkyl halides is 3. The maximum absolute atomic E-state index is 13.0. The van der Waals surface area contributed by atoms with Crippen molar-refractivity contribution in [1.29, 1.82) is 0 Å². The number of pyridine rings is 2. The van der Waals surface area contributed by atoms with Crippen molar-refractivity contribution in [3.8, 4) is 11.5 Å². The Morgan fingerprint density at radius 1 is 1.04 bits per heavy atom. The van der Waals surface area contributed by atoms with Crippen LogP contribution in [-0.4, -0.2) is 24.9 Å². The molecule has 4 rings (SSSR count). The van der Waals surface area contributed by atoms with Gasteiger partial charge in [-0.3, -0.25) is 4.98 Å². The van der Waals surface area contributed by atoms with Crippen LogP contribution >= 0.6 is 11.6 Å². The van der Waals surface area contributed by atoms with E-state index in [0.29, 0.717) is 27.6 Å². The standard InChI is InChI=1S/C17H10ClF3N6/c18-10-8-22-6-5-11(10)25-15-9-4-7-23-14(9)26-16(27-15)12-2-1-3-13(24-12)17(19,20)21/h1-8H,(H2,22,23,25,26,27). The Balaban J connectivity index is 1.83. The molecule has 0 atom stereocenters. The summed E-state index contributed by atoms with van der Waals surface area (Å²) in [5.74, 6) is 0.423. The van der Waals surface area contributed by atoms with Gasteiger partial charge in [-0.05, 0) is 24.3 Å². The van der Waals surface area contributed by atoms with Gasteiger partial charge in [0.05, 0.1) is 16.1 Å². The monoisotopic (exact) mass is 390 g/mol. The molecule has 4 heterocycles. The number of aromatic nitrogens is 5. The Hall–Kier alpha value is -3.20. The maximum Gasteiger partial charge on any atom is 0.433 e. The van der Waals surface area contributed by atoms with Crippen LogP contribution in [0.3, 0.4) is 0 Å². The van der Waals surface area contributed by atoms with E-state index < -0.39 is 11.9 Å². The van der Waals surface area contributed by atoms with Crippen molar-refractivity contribution >= 4 is 34.1 Å². The Kier molecular flexibility index (Phi) is 4.15. The molecule has 10 heteroatoms. The third-order valence-corrected chi connectivity index (χ3v) is 4.01. The quantitative estimate of drug-likeness (QED) is 0.523. The van der Waals surface area contributed by atoms with Gasteiger partial charge in [-0.25, -0.2) is 15.0 Å². The van der Waals surface area contributed by atoms with Crippen LogP contribution in [0.25, 0.3) is 22.6 Å². The lowest BCUT2D eigenvalue weighted by Gasteiger charge is -2.11. The minimum Gasteiger partial charge on any atom is -0.346 e. The van der Waals surface area contributed by atoms with Gasteiger partial charge in [0.1, 0.15) is 22.9 Å². The molecule has 0 radical (unpaired) electrons. The first-order chi connectivity index (χ1) is 12.9. The normalized spacial score (nSPS) is 11.7. The number of halogens is 4. The summed E-state index contributed by atoms with van der Waals surface area (Å²) < 4.78 is 38.9. The number of fused-ring (bicyclic) bond motifs is 1. The third-order valence-electron chi connectivity index (χ3n) is 3.71. The highest BCUT2D eigenvalue weighted by Gasteiger charge is 2.32. The molecule has 2 N–H and O–H groups in total. The van der Waals surface area contributed by atoms with Crippen LogP contribution in [0.15, 0.2) is 48.9 Å². The van der Waals surface area contributed by atoms with Crippen LogP contribution in [0.5, 0.6) is 0 Å². The van der Waals surface area contributed by atoms with Crippen molar-refractivity contribution in [1.82, 2.24) is 24.9 Å². The summed E-state index contributed by atoms with van der Waals surface area (Å²) in [6.45, 7) is 0. The van der Waals surface area contributed by atoms with E-state index in [-0.39, 0.29) is 11.5 Å². The van der Waals surface area contributed by atoms with Crippen molar-refractivity contribution < 1.29 is 13.2 Å². The third kappa shape index (κ3) is 3.41. The van der Waals surface area contributed by atoms with Gasteiger partial charge in [0, 0.05) is 18.6 Å². The fraction of sp³-hybridized carbons (Fsp3) is 0.0588. The van der Waals surface area contributed by atoms with E-state index in [1.54, 1.807) is 24.5 Å². The Bertz CT molecular complexity index is 1130. The predicted octanol–water partition coefficient (Wildman–Crippen LogP) is 4.83. The number of hydrogen-bond donors (Lipinski definition) is 2. The molecule has 0 aliphatic carbocycles. The minimum atomic E-state index is -4.56. The Morgan fingerprint density at radius 3 is 2.67 bits per heavy atom. The van der Waals surface area contributed by atoms with E-state index in [0.717, 1.165) is 6.07 Å². The molecule has 0 spiro atoms. The summed E-state index contributed by atoms with van der Waals surface area (Å²) in [6, 6.07) is 6.98. The molecule has 6 nitrogen and oxygen atoms in total.